The van der Waals surface area contributed by atoms with Crippen LogP contribution in [0.25, 0.3) is 0 Å². The summed E-state index contributed by atoms with van der Waals surface area (Å²) < 4.78 is 48.2. The summed E-state index contributed by atoms with van der Waals surface area (Å²) >= 11 is 0. The molecule has 1 saturated carbocycles. The summed E-state index contributed by atoms with van der Waals surface area (Å²) in [6.45, 7) is 5.28. The lowest BCUT2D eigenvalue weighted by molar-refractivity contribution is -0.153. The van der Waals surface area contributed by atoms with Crippen LogP contribution in [0.15, 0.2) is 12.3 Å². The molecule has 0 radical (unpaired) electrons. The Kier molecular flexibility index (Phi) is 6.78. The zero-order valence-electron chi connectivity index (χ0n) is 17.9. The molecule has 1 N–H and O–H groups in total. The molecule has 0 aromatic carbocycles. The molecule has 1 saturated heterocycles. The number of hydrogen-bond acceptors (Lipinski definition) is 5. The Hall–Kier alpha value is -2.36. The molecule has 2 aliphatic rings. The summed E-state index contributed by atoms with van der Waals surface area (Å²) in [6.07, 6.45) is -0.708. The van der Waals surface area contributed by atoms with Crippen LogP contribution in [-0.4, -0.2) is 60.4 Å². The monoisotopic (exact) mass is 443 g/mol. The van der Waals surface area contributed by atoms with Crippen molar-refractivity contribution in [2.45, 2.75) is 58.2 Å². The number of rotatable bonds is 6. The van der Waals surface area contributed by atoms with E-state index < -0.39 is 30.1 Å². The zero-order valence-corrected chi connectivity index (χ0v) is 17.9. The first-order valence-electron chi connectivity index (χ1n) is 10.3. The van der Waals surface area contributed by atoms with Gasteiger partial charge in [0, 0.05) is 24.4 Å². The van der Waals surface area contributed by atoms with Crippen LogP contribution >= 0.6 is 0 Å². The third-order valence-corrected chi connectivity index (χ3v) is 5.20. The van der Waals surface area contributed by atoms with Crippen LogP contribution in [0.5, 0.6) is 5.75 Å². The topological polar surface area (TPSA) is 80.8 Å². The fraction of sp³-hybridized carbons (Fsp3) is 0.667. The maximum absolute atomic E-state index is 13.0. The minimum atomic E-state index is -4.49. The van der Waals surface area contributed by atoms with Crippen molar-refractivity contribution in [2.75, 3.05) is 26.5 Å². The SMILES string of the molecule is CC(C)(C)C(NC(=O)c1cc(OCC(F)(F)F)c(C2CC2)cn1)C(=O)N1CCCOC1. The van der Waals surface area contributed by atoms with E-state index in [-0.39, 0.29) is 30.0 Å². The highest BCUT2D eigenvalue weighted by atomic mass is 19.4. The van der Waals surface area contributed by atoms with Crippen molar-refractivity contribution >= 4 is 11.8 Å². The van der Waals surface area contributed by atoms with Crippen LogP contribution in [-0.2, 0) is 9.53 Å². The number of pyridine rings is 1. The van der Waals surface area contributed by atoms with Gasteiger partial charge in [-0.05, 0) is 30.6 Å². The quantitative estimate of drug-likeness (QED) is 0.730. The molecule has 1 unspecified atom stereocenters. The fourth-order valence-electron chi connectivity index (χ4n) is 3.36. The van der Waals surface area contributed by atoms with Crippen molar-refractivity contribution in [3.63, 3.8) is 0 Å². The lowest BCUT2D eigenvalue weighted by Gasteiger charge is -2.36. The average Bonchev–Trinajstić information content (AvgIpc) is 3.54. The van der Waals surface area contributed by atoms with Gasteiger partial charge in [-0.15, -0.1) is 0 Å². The van der Waals surface area contributed by atoms with Gasteiger partial charge in [-0.3, -0.25) is 14.6 Å². The number of hydrogen-bond donors (Lipinski definition) is 1. The van der Waals surface area contributed by atoms with Crippen molar-refractivity contribution in [1.82, 2.24) is 15.2 Å². The van der Waals surface area contributed by atoms with E-state index >= 15 is 0 Å². The molecule has 1 aromatic rings. The Bertz CT molecular complexity index is 813. The summed E-state index contributed by atoms with van der Waals surface area (Å²) in [4.78, 5) is 31.6. The lowest BCUT2D eigenvalue weighted by Crippen LogP contribution is -2.56. The van der Waals surface area contributed by atoms with E-state index in [1.807, 2.05) is 20.8 Å². The number of amides is 2. The van der Waals surface area contributed by atoms with E-state index in [4.69, 9.17) is 9.47 Å². The highest BCUT2D eigenvalue weighted by molar-refractivity contribution is 5.96. The Morgan fingerprint density at radius 3 is 2.58 bits per heavy atom. The normalized spacial score (nSPS) is 18.5. The Morgan fingerprint density at radius 2 is 2.03 bits per heavy atom. The fourth-order valence-corrected chi connectivity index (χ4v) is 3.36. The average molecular weight is 443 g/mol. The summed E-state index contributed by atoms with van der Waals surface area (Å²) in [5.41, 5.74) is -0.137. The molecule has 31 heavy (non-hydrogen) atoms. The maximum Gasteiger partial charge on any atom is 0.422 e. The molecule has 1 aromatic heterocycles. The molecule has 10 heteroatoms. The molecular weight excluding hydrogens is 415 g/mol. The standard InChI is InChI=1S/C21H28F3N3O4/c1-20(2,3)17(19(29)27-7-4-8-30-12-27)26-18(28)15-9-16(31-11-21(22,23)24)14(10-25-15)13-5-6-13/h9-10,13,17H,4-8,11-12H2,1-3H3,(H,26,28). The van der Waals surface area contributed by atoms with Gasteiger partial charge in [0.15, 0.2) is 6.61 Å². The highest BCUT2D eigenvalue weighted by Crippen LogP contribution is 2.44. The number of alkyl halides is 3. The highest BCUT2D eigenvalue weighted by Gasteiger charge is 2.37. The van der Waals surface area contributed by atoms with E-state index in [0.717, 1.165) is 12.8 Å². The number of carbonyl (C=O) groups excluding carboxylic acids is 2. The van der Waals surface area contributed by atoms with Crippen LogP contribution < -0.4 is 10.1 Å². The first-order valence-corrected chi connectivity index (χ1v) is 10.3. The van der Waals surface area contributed by atoms with E-state index in [1.54, 1.807) is 4.90 Å². The molecule has 1 atom stereocenters. The maximum atomic E-state index is 13.0. The van der Waals surface area contributed by atoms with Crippen LogP contribution in [0.4, 0.5) is 13.2 Å². The molecule has 7 nitrogen and oxygen atoms in total. The summed E-state index contributed by atoms with van der Waals surface area (Å²) in [5.74, 6) is -0.826. The van der Waals surface area contributed by atoms with Gasteiger partial charge in [0.2, 0.25) is 5.91 Å². The molecule has 2 fully saturated rings. The third kappa shape index (κ3) is 6.32. The number of halogens is 3. The number of nitrogens with zero attached hydrogens (tertiary/aromatic N) is 2. The predicted octanol–water partition coefficient (Wildman–Crippen LogP) is 3.25. The molecule has 3 rings (SSSR count). The van der Waals surface area contributed by atoms with Gasteiger partial charge in [0.05, 0.1) is 6.61 Å². The van der Waals surface area contributed by atoms with Gasteiger partial charge in [-0.25, -0.2) is 0 Å². The first kappa shape index (κ1) is 23.3. The molecule has 1 aliphatic heterocycles. The molecule has 2 amide bonds. The van der Waals surface area contributed by atoms with Crippen LogP contribution in [0.2, 0.25) is 0 Å². The van der Waals surface area contributed by atoms with Gasteiger partial charge in [0.25, 0.3) is 5.91 Å². The molecule has 1 aliphatic carbocycles. The van der Waals surface area contributed by atoms with Crippen molar-refractivity contribution in [1.29, 1.82) is 0 Å². The van der Waals surface area contributed by atoms with E-state index in [2.05, 4.69) is 10.3 Å². The Balaban J connectivity index is 1.78. The van der Waals surface area contributed by atoms with Crippen LogP contribution in [0, 0.1) is 5.41 Å². The lowest BCUT2D eigenvalue weighted by atomic mass is 9.85. The Labute approximate surface area is 179 Å². The van der Waals surface area contributed by atoms with Gasteiger partial charge >= 0.3 is 6.18 Å². The van der Waals surface area contributed by atoms with Crippen molar-refractivity contribution in [3.8, 4) is 5.75 Å². The smallest absolute Gasteiger partial charge is 0.422 e. The van der Waals surface area contributed by atoms with Crippen molar-refractivity contribution in [3.05, 3.63) is 23.5 Å². The predicted molar refractivity (Wildman–Crippen MR) is 106 cm³/mol. The second-order valence-corrected chi connectivity index (χ2v) is 9.05. The molecule has 172 valence electrons. The largest absolute Gasteiger partial charge is 0.484 e. The van der Waals surface area contributed by atoms with Crippen LogP contribution in [0.1, 0.15) is 62.0 Å². The van der Waals surface area contributed by atoms with Gasteiger partial charge in [-0.1, -0.05) is 20.8 Å². The number of carbonyl (C=O) groups is 2. The van der Waals surface area contributed by atoms with E-state index in [0.29, 0.717) is 25.1 Å². The first-order chi connectivity index (χ1) is 14.5. The molecular formula is C21H28F3N3O4. The number of ether oxygens (including phenoxy) is 2. The molecule has 0 spiro atoms. The van der Waals surface area contributed by atoms with Gasteiger partial charge in [0.1, 0.15) is 24.2 Å². The van der Waals surface area contributed by atoms with Gasteiger partial charge in [-0.2, -0.15) is 13.2 Å². The van der Waals surface area contributed by atoms with Crippen molar-refractivity contribution in [2.24, 2.45) is 5.41 Å². The molecule has 2 heterocycles. The number of nitrogens with one attached hydrogen (secondary N) is 1. The Morgan fingerprint density at radius 1 is 1.32 bits per heavy atom. The summed E-state index contributed by atoms with van der Waals surface area (Å²) in [7, 11) is 0. The third-order valence-electron chi connectivity index (χ3n) is 5.20. The zero-order chi connectivity index (χ0) is 22.8. The molecule has 0 bridgehead atoms. The van der Waals surface area contributed by atoms with Crippen LogP contribution in [0.3, 0.4) is 0 Å². The second-order valence-electron chi connectivity index (χ2n) is 9.05. The van der Waals surface area contributed by atoms with Crippen molar-refractivity contribution < 1.29 is 32.2 Å². The minimum Gasteiger partial charge on any atom is -0.484 e. The summed E-state index contributed by atoms with van der Waals surface area (Å²) in [5, 5.41) is 2.71. The van der Waals surface area contributed by atoms with E-state index in [9.17, 15) is 22.8 Å². The summed E-state index contributed by atoms with van der Waals surface area (Å²) in [6, 6.07) is 0.370. The van der Waals surface area contributed by atoms with Gasteiger partial charge < -0.3 is 19.7 Å². The number of aromatic nitrogens is 1. The minimum absolute atomic E-state index is 0.00282. The second kappa shape index (κ2) is 9.02. The van der Waals surface area contributed by atoms with E-state index in [1.165, 1.54) is 12.3 Å².